The number of benzene rings is 2. The van der Waals surface area contributed by atoms with Gasteiger partial charge in [-0.25, -0.2) is 26.8 Å². The minimum Gasteiger partial charge on any atom is -0.340 e. The predicted octanol–water partition coefficient (Wildman–Crippen LogP) is 3.55. The highest BCUT2D eigenvalue weighted by Gasteiger charge is 2.13. The van der Waals surface area contributed by atoms with E-state index in [2.05, 4.69) is 20.6 Å². The molecule has 0 atom stereocenters. The van der Waals surface area contributed by atoms with Gasteiger partial charge in [-0.1, -0.05) is 26.0 Å². The second-order valence-corrected chi connectivity index (χ2v) is 11.0. The lowest BCUT2D eigenvalue weighted by Gasteiger charge is -2.10. The van der Waals surface area contributed by atoms with Crippen LogP contribution in [0.2, 0.25) is 0 Å². The molecule has 8 nitrogen and oxygen atoms in total. The molecule has 1 aromatic heterocycles. The quantitative estimate of drug-likeness (QED) is 0.539. The fourth-order valence-corrected chi connectivity index (χ4v) is 4.51. The van der Waals surface area contributed by atoms with E-state index >= 15 is 0 Å². The molecule has 3 rings (SSSR count). The lowest BCUT2D eigenvalue weighted by atomic mass is 10.3. The average Bonchev–Trinajstić information content (AvgIpc) is 2.74. The molecule has 0 radical (unpaired) electrons. The van der Waals surface area contributed by atoms with Crippen molar-refractivity contribution in [1.82, 2.24) is 9.97 Å². The largest absolute Gasteiger partial charge is 0.340 e. The Kier molecular flexibility index (Phi) is 6.37. The van der Waals surface area contributed by atoms with Crippen molar-refractivity contribution in [2.45, 2.75) is 23.6 Å². The van der Waals surface area contributed by atoms with Crippen LogP contribution in [0, 0.1) is 0 Å². The number of rotatable bonds is 8. The lowest BCUT2D eigenvalue weighted by Crippen LogP contribution is -2.05. The van der Waals surface area contributed by atoms with Crippen molar-refractivity contribution in [2.24, 2.45) is 0 Å². The SMILES string of the molecule is CCS(=O)(=O)c1cccc(Nc2cc(Nc3cccc(S(=O)(=O)CC)c3)ncn2)c1. The van der Waals surface area contributed by atoms with Gasteiger partial charge in [0, 0.05) is 17.4 Å². The van der Waals surface area contributed by atoms with Crippen LogP contribution in [0.25, 0.3) is 0 Å². The Morgan fingerprint density at radius 1 is 0.700 bits per heavy atom. The van der Waals surface area contributed by atoms with E-state index in [0.717, 1.165) is 0 Å². The van der Waals surface area contributed by atoms with Crippen molar-refractivity contribution in [2.75, 3.05) is 22.1 Å². The molecule has 0 unspecified atom stereocenters. The van der Waals surface area contributed by atoms with Crippen LogP contribution in [-0.2, 0) is 19.7 Å². The van der Waals surface area contributed by atoms with E-state index < -0.39 is 19.7 Å². The monoisotopic (exact) mass is 446 g/mol. The van der Waals surface area contributed by atoms with Crippen molar-refractivity contribution in [1.29, 1.82) is 0 Å². The number of hydrogen-bond donors (Lipinski definition) is 2. The summed E-state index contributed by atoms with van der Waals surface area (Å²) in [5.41, 5.74) is 1.15. The fourth-order valence-electron chi connectivity index (χ4n) is 2.66. The summed E-state index contributed by atoms with van der Waals surface area (Å²) >= 11 is 0. The number of nitrogens with one attached hydrogen (secondary N) is 2. The van der Waals surface area contributed by atoms with Gasteiger partial charge in [0.05, 0.1) is 21.3 Å². The molecular formula is C20H22N4O4S2. The maximum atomic E-state index is 12.1. The third-order valence-electron chi connectivity index (χ3n) is 4.36. The molecule has 0 aliphatic carbocycles. The Morgan fingerprint density at radius 2 is 1.13 bits per heavy atom. The van der Waals surface area contributed by atoms with Gasteiger partial charge in [-0.2, -0.15) is 0 Å². The van der Waals surface area contributed by atoms with Gasteiger partial charge in [0.2, 0.25) is 0 Å². The van der Waals surface area contributed by atoms with Gasteiger partial charge in [0.25, 0.3) is 0 Å². The van der Waals surface area contributed by atoms with E-state index in [9.17, 15) is 16.8 Å². The molecule has 2 aromatic carbocycles. The summed E-state index contributed by atoms with van der Waals surface area (Å²) in [7, 11) is -6.63. The summed E-state index contributed by atoms with van der Waals surface area (Å²) in [6.45, 7) is 3.19. The van der Waals surface area contributed by atoms with E-state index in [-0.39, 0.29) is 21.3 Å². The van der Waals surface area contributed by atoms with Crippen molar-refractivity contribution < 1.29 is 16.8 Å². The van der Waals surface area contributed by atoms with Crippen LogP contribution in [0.15, 0.2) is 70.7 Å². The fraction of sp³-hybridized carbons (Fsp3) is 0.200. The third-order valence-corrected chi connectivity index (χ3v) is 7.82. The van der Waals surface area contributed by atoms with E-state index in [1.165, 1.54) is 6.33 Å². The van der Waals surface area contributed by atoms with Crippen LogP contribution < -0.4 is 10.6 Å². The molecule has 0 aliphatic heterocycles. The van der Waals surface area contributed by atoms with E-state index in [4.69, 9.17) is 0 Å². The Bertz CT molecular complexity index is 1160. The normalized spacial score (nSPS) is 11.8. The summed E-state index contributed by atoms with van der Waals surface area (Å²) < 4.78 is 48.3. The van der Waals surface area contributed by atoms with Crippen molar-refractivity contribution in [3.8, 4) is 0 Å². The summed E-state index contributed by atoms with van der Waals surface area (Å²) in [4.78, 5) is 8.77. The summed E-state index contributed by atoms with van der Waals surface area (Å²) in [5, 5.41) is 6.12. The zero-order valence-corrected chi connectivity index (χ0v) is 18.2. The molecule has 10 heteroatoms. The number of nitrogens with zero attached hydrogens (tertiary/aromatic N) is 2. The Hall–Kier alpha value is -2.98. The van der Waals surface area contributed by atoms with Gasteiger partial charge in [0.1, 0.15) is 18.0 Å². The highest BCUT2D eigenvalue weighted by molar-refractivity contribution is 7.91. The topological polar surface area (TPSA) is 118 Å². The molecule has 0 amide bonds. The molecule has 1 heterocycles. The van der Waals surface area contributed by atoms with Crippen molar-refractivity contribution in [3.05, 3.63) is 60.9 Å². The van der Waals surface area contributed by atoms with Gasteiger partial charge in [-0.15, -0.1) is 0 Å². The number of sulfone groups is 2. The lowest BCUT2D eigenvalue weighted by molar-refractivity contribution is 0.595. The molecule has 0 bridgehead atoms. The molecule has 158 valence electrons. The van der Waals surface area contributed by atoms with Crippen LogP contribution in [0.3, 0.4) is 0 Å². The van der Waals surface area contributed by atoms with Crippen LogP contribution in [-0.4, -0.2) is 38.3 Å². The second kappa shape index (κ2) is 8.80. The molecule has 2 N–H and O–H groups in total. The smallest absolute Gasteiger partial charge is 0.178 e. The minimum absolute atomic E-state index is 0.0187. The Balaban J connectivity index is 1.81. The standard InChI is InChI=1S/C20H22N4O4S2/c1-3-29(25,26)17-9-5-7-15(11-17)23-19-13-20(22-14-21-19)24-16-8-6-10-18(12-16)30(27,28)4-2/h5-14H,3-4H2,1-2H3,(H2,21,22,23,24). The number of hydrogen-bond acceptors (Lipinski definition) is 8. The predicted molar refractivity (Wildman–Crippen MR) is 117 cm³/mol. The first-order valence-electron chi connectivity index (χ1n) is 9.25. The van der Waals surface area contributed by atoms with Gasteiger partial charge < -0.3 is 10.6 Å². The van der Waals surface area contributed by atoms with Gasteiger partial charge in [-0.05, 0) is 36.4 Å². The Morgan fingerprint density at radius 3 is 1.53 bits per heavy atom. The first kappa shape index (κ1) is 21.7. The van der Waals surface area contributed by atoms with Crippen LogP contribution >= 0.6 is 0 Å². The molecule has 0 saturated carbocycles. The maximum absolute atomic E-state index is 12.1. The van der Waals surface area contributed by atoms with Crippen molar-refractivity contribution >= 4 is 42.7 Å². The summed E-state index contributed by atoms with van der Waals surface area (Å²) in [6, 6.07) is 14.6. The van der Waals surface area contributed by atoms with E-state index in [0.29, 0.717) is 23.0 Å². The van der Waals surface area contributed by atoms with Crippen molar-refractivity contribution in [3.63, 3.8) is 0 Å². The summed E-state index contributed by atoms with van der Waals surface area (Å²) in [6.07, 6.45) is 1.35. The van der Waals surface area contributed by atoms with Gasteiger partial charge in [-0.3, -0.25) is 0 Å². The molecule has 0 aliphatic rings. The minimum atomic E-state index is -3.31. The number of aromatic nitrogens is 2. The zero-order chi connectivity index (χ0) is 21.8. The molecule has 0 saturated heterocycles. The second-order valence-electron chi connectivity index (χ2n) is 6.40. The highest BCUT2D eigenvalue weighted by Crippen LogP contribution is 2.23. The highest BCUT2D eigenvalue weighted by atomic mass is 32.2. The molecule has 3 aromatic rings. The summed E-state index contributed by atoms with van der Waals surface area (Å²) in [5.74, 6) is 0.946. The number of anilines is 4. The van der Waals surface area contributed by atoms with E-state index in [1.54, 1.807) is 68.4 Å². The Labute approximate surface area is 176 Å². The molecular weight excluding hydrogens is 424 g/mol. The first-order chi connectivity index (χ1) is 14.2. The van der Waals surface area contributed by atoms with Gasteiger partial charge >= 0.3 is 0 Å². The molecule has 0 spiro atoms. The zero-order valence-electron chi connectivity index (χ0n) is 16.5. The average molecular weight is 447 g/mol. The first-order valence-corrected chi connectivity index (χ1v) is 12.6. The molecule has 0 fully saturated rings. The van der Waals surface area contributed by atoms with Gasteiger partial charge in [0.15, 0.2) is 19.7 Å². The van der Waals surface area contributed by atoms with E-state index in [1.807, 2.05) is 0 Å². The maximum Gasteiger partial charge on any atom is 0.178 e. The van der Waals surface area contributed by atoms with Crippen LogP contribution in [0.1, 0.15) is 13.8 Å². The van der Waals surface area contributed by atoms with Crippen LogP contribution in [0.5, 0.6) is 0 Å². The molecule has 30 heavy (non-hydrogen) atoms. The van der Waals surface area contributed by atoms with Crippen LogP contribution in [0.4, 0.5) is 23.0 Å². The third kappa shape index (κ3) is 5.14.